The molecular weight excluding hydrogens is 364 g/mol. The highest BCUT2D eigenvalue weighted by atomic mass is 19.2. The van der Waals surface area contributed by atoms with Gasteiger partial charge >= 0.3 is 0 Å². The van der Waals surface area contributed by atoms with Gasteiger partial charge in [0.1, 0.15) is 0 Å². The molecule has 0 saturated carbocycles. The van der Waals surface area contributed by atoms with E-state index >= 15 is 0 Å². The summed E-state index contributed by atoms with van der Waals surface area (Å²) in [7, 11) is 0. The van der Waals surface area contributed by atoms with Crippen LogP contribution in [0.1, 0.15) is 43.5 Å². The lowest BCUT2D eigenvalue weighted by molar-refractivity contribution is -0.140. The third kappa shape index (κ3) is 4.69. The van der Waals surface area contributed by atoms with Crippen molar-refractivity contribution < 1.29 is 18.4 Å². The Bertz CT molecular complexity index is 718. The number of carbonyl (C=O) groups excluding carboxylic acids is 2. The number of nitrogens with zero attached hydrogens (tertiary/aromatic N) is 3. The van der Waals surface area contributed by atoms with Crippen molar-refractivity contribution >= 4 is 11.8 Å². The minimum Gasteiger partial charge on any atom is -0.338 e. The number of hydrogen-bond donors (Lipinski definition) is 0. The molecule has 2 heterocycles. The number of halogens is 2. The second-order valence-electron chi connectivity index (χ2n) is 8.15. The largest absolute Gasteiger partial charge is 0.338 e. The molecular formula is C21H29F2N3O2. The number of likely N-dealkylation sites (tertiary alicyclic amines) is 1. The Kier molecular flexibility index (Phi) is 6.65. The molecule has 0 bridgehead atoms. The van der Waals surface area contributed by atoms with Crippen LogP contribution >= 0.6 is 0 Å². The fourth-order valence-corrected chi connectivity index (χ4v) is 4.11. The molecule has 2 aliphatic heterocycles. The van der Waals surface area contributed by atoms with Gasteiger partial charge in [-0.25, -0.2) is 8.78 Å². The molecule has 0 aromatic heterocycles. The first-order valence-electron chi connectivity index (χ1n) is 10.1. The van der Waals surface area contributed by atoms with Gasteiger partial charge in [-0.3, -0.25) is 14.5 Å². The van der Waals surface area contributed by atoms with Crippen molar-refractivity contribution in [2.45, 2.75) is 39.2 Å². The molecule has 2 fully saturated rings. The number of carbonyl (C=O) groups is 2. The SMILES string of the molecule is CC(C)CN1CCCC[C@H]1C(=O)N1CCN(C(=O)c2ccc(F)c(F)c2)CC1. The van der Waals surface area contributed by atoms with E-state index in [4.69, 9.17) is 0 Å². The Morgan fingerprint density at radius 1 is 1.00 bits per heavy atom. The van der Waals surface area contributed by atoms with Crippen LogP contribution in [0.3, 0.4) is 0 Å². The van der Waals surface area contributed by atoms with Crippen LogP contribution in [0.25, 0.3) is 0 Å². The topological polar surface area (TPSA) is 43.9 Å². The lowest BCUT2D eigenvalue weighted by atomic mass is 9.99. The lowest BCUT2D eigenvalue weighted by Gasteiger charge is -2.41. The summed E-state index contributed by atoms with van der Waals surface area (Å²) in [5, 5.41) is 0. The Morgan fingerprint density at radius 2 is 1.68 bits per heavy atom. The molecule has 1 aromatic carbocycles. The van der Waals surface area contributed by atoms with E-state index in [1.165, 1.54) is 6.07 Å². The highest BCUT2D eigenvalue weighted by Gasteiger charge is 2.34. The van der Waals surface area contributed by atoms with E-state index in [2.05, 4.69) is 18.7 Å². The second-order valence-corrected chi connectivity index (χ2v) is 8.15. The molecule has 0 N–H and O–H groups in total. The monoisotopic (exact) mass is 393 g/mol. The summed E-state index contributed by atoms with van der Waals surface area (Å²) in [6, 6.07) is 3.13. The summed E-state index contributed by atoms with van der Waals surface area (Å²) in [5.74, 6) is -1.66. The predicted molar refractivity (Wildman–Crippen MR) is 103 cm³/mol. The Labute approximate surface area is 165 Å². The minimum atomic E-state index is -1.03. The van der Waals surface area contributed by atoms with Gasteiger partial charge in [0.25, 0.3) is 5.91 Å². The Balaban J connectivity index is 1.58. The van der Waals surface area contributed by atoms with Gasteiger partial charge in [0.2, 0.25) is 5.91 Å². The van der Waals surface area contributed by atoms with E-state index in [0.717, 1.165) is 44.5 Å². The van der Waals surface area contributed by atoms with Gasteiger partial charge in [0.05, 0.1) is 6.04 Å². The molecule has 28 heavy (non-hydrogen) atoms. The van der Waals surface area contributed by atoms with Crippen LogP contribution in [0.4, 0.5) is 8.78 Å². The van der Waals surface area contributed by atoms with Gasteiger partial charge in [-0.1, -0.05) is 20.3 Å². The smallest absolute Gasteiger partial charge is 0.254 e. The molecule has 3 rings (SSSR count). The predicted octanol–water partition coefficient (Wildman–Crippen LogP) is 2.76. The van der Waals surface area contributed by atoms with Gasteiger partial charge in [-0.2, -0.15) is 0 Å². The van der Waals surface area contributed by atoms with Gasteiger partial charge in [0, 0.05) is 38.3 Å². The van der Waals surface area contributed by atoms with Crippen molar-refractivity contribution in [3.05, 3.63) is 35.4 Å². The number of amides is 2. The third-order valence-electron chi connectivity index (χ3n) is 5.54. The highest BCUT2D eigenvalue weighted by Crippen LogP contribution is 2.21. The normalized spacial score (nSPS) is 21.2. The fraction of sp³-hybridized carbons (Fsp3) is 0.619. The summed E-state index contributed by atoms with van der Waals surface area (Å²) in [6.07, 6.45) is 3.09. The maximum Gasteiger partial charge on any atom is 0.254 e. The maximum absolute atomic E-state index is 13.4. The molecule has 1 aromatic rings. The lowest BCUT2D eigenvalue weighted by Crippen LogP contribution is -2.57. The first-order valence-corrected chi connectivity index (χ1v) is 10.1. The zero-order valence-electron chi connectivity index (χ0n) is 16.7. The van der Waals surface area contributed by atoms with E-state index in [1.807, 2.05) is 4.90 Å². The van der Waals surface area contributed by atoms with Crippen molar-refractivity contribution in [2.24, 2.45) is 5.92 Å². The van der Waals surface area contributed by atoms with Gasteiger partial charge < -0.3 is 9.80 Å². The Hall–Kier alpha value is -2.02. The zero-order chi connectivity index (χ0) is 20.3. The van der Waals surface area contributed by atoms with Crippen molar-refractivity contribution in [3.8, 4) is 0 Å². The van der Waals surface area contributed by atoms with E-state index in [-0.39, 0.29) is 23.4 Å². The van der Waals surface area contributed by atoms with Gasteiger partial charge in [0.15, 0.2) is 11.6 Å². The van der Waals surface area contributed by atoms with Crippen molar-refractivity contribution in [3.63, 3.8) is 0 Å². The molecule has 1 atom stereocenters. The molecule has 0 spiro atoms. The maximum atomic E-state index is 13.4. The molecule has 154 valence electrons. The molecule has 0 unspecified atom stereocenters. The molecule has 2 aliphatic rings. The fourth-order valence-electron chi connectivity index (χ4n) is 4.11. The third-order valence-corrected chi connectivity index (χ3v) is 5.54. The van der Waals surface area contributed by atoms with E-state index in [1.54, 1.807) is 4.90 Å². The number of benzene rings is 1. The average Bonchev–Trinajstić information content (AvgIpc) is 2.69. The minimum absolute atomic E-state index is 0.0652. The number of piperazine rings is 1. The van der Waals surface area contributed by atoms with Gasteiger partial charge in [-0.15, -0.1) is 0 Å². The van der Waals surface area contributed by atoms with Crippen LogP contribution in [-0.4, -0.2) is 71.8 Å². The summed E-state index contributed by atoms with van der Waals surface area (Å²) < 4.78 is 26.5. The summed E-state index contributed by atoms with van der Waals surface area (Å²) in [4.78, 5) is 31.4. The summed E-state index contributed by atoms with van der Waals surface area (Å²) in [5.41, 5.74) is 0.133. The van der Waals surface area contributed by atoms with Crippen molar-refractivity contribution in [1.82, 2.24) is 14.7 Å². The zero-order valence-corrected chi connectivity index (χ0v) is 16.7. The molecule has 7 heteroatoms. The van der Waals surface area contributed by atoms with Crippen molar-refractivity contribution in [1.29, 1.82) is 0 Å². The van der Waals surface area contributed by atoms with Crippen LogP contribution in [0.15, 0.2) is 18.2 Å². The average molecular weight is 393 g/mol. The van der Waals surface area contributed by atoms with E-state index in [0.29, 0.717) is 32.1 Å². The van der Waals surface area contributed by atoms with Crippen LogP contribution in [-0.2, 0) is 4.79 Å². The van der Waals surface area contributed by atoms with Gasteiger partial charge in [-0.05, 0) is 43.5 Å². The van der Waals surface area contributed by atoms with Crippen molar-refractivity contribution in [2.75, 3.05) is 39.3 Å². The molecule has 0 radical (unpaired) electrons. The molecule has 2 saturated heterocycles. The van der Waals surface area contributed by atoms with Crippen LogP contribution < -0.4 is 0 Å². The number of piperidine rings is 1. The molecule has 5 nitrogen and oxygen atoms in total. The van der Waals surface area contributed by atoms with E-state index < -0.39 is 11.6 Å². The van der Waals surface area contributed by atoms with Crippen LogP contribution in [0.5, 0.6) is 0 Å². The first kappa shape index (κ1) is 20.7. The standard InChI is InChI=1S/C21H29F2N3O2/c1-15(2)14-26-8-4-3-5-19(26)21(28)25-11-9-24(10-12-25)20(27)16-6-7-17(22)18(23)13-16/h6-7,13,15,19H,3-5,8-12,14H2,1-2H3/t19-/m0/s1. The van der Waals surface area contributed by atoms with Crippen LogP contribution in [0, 0.1) is 17.6 Å². The highest BCUT2D eigenvalue weighted by molar-refractivity contribution is 5.94. The first-order chi connectivity index (χ1) is 13.4. The summed E-state index contributed by atoms with van der Waals surface area (Å²) in [6.45, 7) is 7.97. The Morgan fingerprint density at radius 3 is 2.32 bits per heavy atom. The molecule has 2 amide bonds. The number of hydrogen-bond acceptors (Lipinski definition) is 3. The molecule has 0 aliphatic carbocycles. The second kappa shape index (κ2) is 8.99. The van der Waals surface area contributed by atoms with E-state index in [9.17, 15) is 18.4 Å². The summed E-state index contributed by atoms with van der Waals surface area (Å²) >= 11 is 0. The van der Waals surface area contributed by atoms with Crippen LogP contribution in [0.2, 0.25) is 0 Å². The quantitative estimate of drug-likeness (QED) is 0.790. The number of rotatable bonds is 4.